The molecular weight excluding hydrogens is 482 g/mol. The summed E-state index contributed by atoms with van der Waals surface area (Å²) in [7, 11) is 1.46. The zero-order valence-electron chi connectivity index (χ0n) is 18.0. The molecule has 32 heavy (non-hydrogen) atoms. The Kier molecular flexibility index (Phi) is 7.38. The number of alkyl halides is 1. The number of nitrogens with one attached hydrogen (secondary N) is 1. The van der Waals surface area contributed by atoms with Crippen LogP contribution >= 0.6 is 15.9 Å². The molecular formula is C22H27BrF2N6O. The van der Waals surface area contributed by atoms with Gasteiger partial charge in [-0.15, -0.1) is 0 Å². The number of nitrogens with zero attached hydrogens (tertiary/aromatic N) is 5. The molecule has 3 atom stereocenters. The molecule has 0 bridgehead atoms. The number of halogens is 3. The first-order valence-electron chi connectivity index (χ1n) is 10.9. The summed E-state index contributed by atoms with van der Waals surface area (Å²) >= 11 is 3.18. The molecule has 5 rings (SSSR count). The normalized spacial score (nSPS) is 25.2. The zero-order valence-corrected chi connectivity index (χ0v) is 19.6. The average Bonchev–Trinajstić information content (AvgIpc) is 3.37. The van der Waals surface area contributed by atoms with E-state index in [1.807, 2.05) is 4.90 Å². The van der Waals surface area contributed by atoms with E-state index < -0.39 is 12.0 Å². The minimum Gasteiger partial charge on any atom is -0.467 e. The average molecular weight is 509 g/mol. The summed E-state index contributed by atoms with van der Waals surface area (Å²) in [5.41, 5.74) is 0.219. The molecule has 1 N–H and O–H groups in total. The van der Waals surface area contributed by atoms with E-state index in [4.69, 9.17) is 10.00 Å². The van der Waals surface area contributed by atoms with Crippen LogP contribution in [0, 0.1) is 17.1 Å². The topological polar surface area (TPSA) is 77.3 Å². The second-order valence-corrected chi connectivity index (χ2v) is 9.23. The van der Waals surface area contributed by atoms with Crippen molar-refractivity contribution >= 4 is 32.7 Å². The highest BCUT2D eigenvalue weighted by Crippen LogP contribution is 2.32. The van der Waals surface area contributed by atoms with E-state index in [0.29, 0.717) is 41.2 Å². The molecule has 1 aromatic heterocycles. The van der Waals surface area contributed by atoms with Crippen molar-refractivity contribution in [3.63, 3.8) is 0 Å². The van der Waals surface area contributed by atoms with Gasteiger partial charge < -0.3 is 15.0 Å². The van der Waals surface area contributed by atoms with Crippen LogP contribution in [0.15, 0.2) is 16.6 Å². The van der Waals surface area contributed by atoms with Crippen molar-refractivity contribution in [2.75, 3.05) is 44.7 Å². The van der Waals surface area contributed by atoms with Gasteiger partial charge in [0.15, 0.2) is 5.82 Å². The Morgan fingerprint density at radius 2 is 2.16 bits per heavy atom. The lowest BCUT2D eigenvalue weighted by Crippen LogP contribution is -2.50. The van der Waals surface area contributed by atoms with Crippen molar-refractivity contribution < 1.29 is 13.5 Å². The summed E-state index contributed by atoms with van der Waals surface area (Å²) in [6, 6.07) is 6.40. The third-order valence-corrected chi connectivity index (χ3v) is 6.87. The van der Waals surface area contributed by atoms with Crippen LogP contribution in [0.25, 0.3) is 10.9 Å². The van der Waals surface area contributed by atoms with E-state index in [-0.39, 0.29) is 17.6 Å². The van der Waals surface area contributed by atoms with Crippen LogP contribution < -0.4 is 15.0 Å². The molecule has 3 fully saturated rings. The van der Waals surface area contributed by atoms with Crippen LogP contribution in [-0.2, 0) is 0 Å². The maximum atomic E-state index is 14.4. The van der Waals surface area contributed by atoms with Gasteiger partial charge in [0, 0.05) is 43.6 Å². The highest BCUT2D eigenvalue weighted by atomic mass is 79.9. The molecule has 10 heteroatoms. The number of hydrogen-bond donors (Lipinski definition) is 1. The molecule has 2 aromatic rings. The van der Waals surface area contributed by atoms with Crippen molar-refractivity contribution in [1.82, 2.24) is 20.2 Å². The number of nitriles is 1. The maximum Gasteiger partial charge on any atom is 0.318 e. The Bertz CT molecular complexity index is 991. The lowest BCUT2D eigenvalue weighted by Gasteiger charge is -2.34. The van der Waals surface area contributed by atoms with Gasteiger partial charge in [0.05, 0.1) is 24.1 Å². The van der Waals surface area contributed by atoms with E-state index >= 15 is 0 Å². The Morgan fingerprint density at radius 1 is 1.31 bits per heavy atom. The number of rotatable bonds is 3. The summed E-state index contributed by atoms with van der Waals surface area (Å²) in [6.45, 7) is 3.93. The van der Waals surface area contributed by atoms with Crippen LogP contribution in [0.4, 0.5) is 14.6 Å². The molecule has 7 nitrogen and oxygen atoms in total. The number of aromatic nitrogens is 2. The second-order valence-electron chi connectivity index (χ2n) is 8.37. The van der Waals surface area contributed by atoms with Gasteiger partial charge >= 0.3 is 6.01 Å². The van der Waals surface area contributed by atoms with E-state index in [1.54, 1.807) is 12.1 Å². The molecule has 1 aromatic carbocycles. The molecule has 0 spiro atoms. The van der Waals surface area contributed by atoms with Crippen LogP contribution in [0.5, 0.6) is 6.01 Å². The molecule has 3 saturated heterocycles. The van der Waals surface area contributed by atoms with Gasteiger partial charge in [-0.3, -0.25) is 4.90 Å². The molecule has 0 amide bonds. The van der Waals surface area contributed by atoms with Crippen molar-refractivity contribution in [1.29, 1.82) is 5.26 Å². The van der Waals surface area contributed by atoms with Crippen LogP contribution in [0.1, 0.15) is 25.7 Å². The smallest absolute Gasteiger partial charge is 0.318 e. The summed E-state index contributed by atoms with van der Waals surface area (Å²) in [4.78, 5) is 12.9. The van der Waals surface area contributed by atoms with E-state index in [1.165, 1.54) is 20.0 Å². The third kappa shape index (κ3) is 4.95. The highest BCUT2D eigenvalue weighted by molar-refractivity contribution is 9.10. The molecule has 4 heterocycles. The summed E-state index contributed by atoms with van der Waals surface area (Å²) < 4.78 is 32.5. The number of anilines is 1. The van der Waals surface area contributed by atoms with Crippen molar-refractivity contribution in [3.05, 3.63) is 22.4 Å². The largest absolute Gasteiger partial charge is 0.467 e. The van der Waals surface area contributed by atoms with Crippen molar-refractivity contribution in [2.45, 2.75) is 43.9 Å². The first kappa shape index (κ1) is 23.1. The fraction of sp³-hybridized carbons (Fsp3) is 0.591. The fourth-order valence-electron chi connectivity index (χ4n) is 4.72. The SMILES string of the molecule is COc1nc(N2CCNC(CC#N)C2)c2ccc(Br)c(F)c2n1.FC1CC2CCCN2C1. The standard InChI is InChI=1S/C15H15BrFN5O.C7H12FN/c1-23-15-20-13-10(2-3-11(16)12(13)17)14(21-15)22-7-6-19-9(8-22)4-5-18;8-6-4-7-2-1-3-9(7)5-6/h2-3,9,19H,4,6-8H2,1H3;6-7H,1-5H2. The third-order valence-electron chi connectivity index (χ3n) is 6.25. The van der Waals surface area contributed by atoms with E-state index in [2.05, 4.69) is 42.2 Å². The van der Waals surface area contributed by atoms with Gasteiger partial charge in [-0.2, -0.15) is 15.2 Å². The first-order chi connectivity index (χ1) is 15.5. The highest BCUT2D eigenvalue weighted by Gasteiger charge is 2.34. The number of methoxy groups -OCH3 is 1. The van der Waals surface area contributed by atoms with Crippen LogP contribution in [0.2, 0.25) is 0 Å². The molecule has 3 aliphatic rings. The minimum absolute atomic E-state index is 0.0602. The summed E-state index contributed by atoms with van der Waals surface area (Å²) in [6.07, 6.45) is 3.23. The number of hydrogen-bond acceptors (Lipinski definition) is 7. The Hall–Kier alpha value is -2.09. The molecule has 3 aliphatic heterocycles. The number of ether oxygens (including phenoxy) is 1. The monoisotopic (exact) mass is 508 g/mol. The Morgan fingerprint density at radius 3 is 2.91 bits per heavy atom. The molecule has 172 valence electrons. The molecule has 0 saturated carbocycles. The predicted octanol–water partition coefficient (Wildman–Crippen LogP) is 3.42. The predicted molar refractivity (Wildman–Crippen MR) is 122 cm³/mol. The van der Waals surface area contributed by atoms with Gasteiger partial charge in [-0.25, -0.2) is 8.78 Å². The van der Waals surface area contributed by atoms with Crippen molar-refractivity contribution in [2.24, 2.45) is 0 Å². The van der Waals surface area contributed by atoms with Crippen LogP contribution in [-0.4, -0.2) is 73.0 Å². The summed E-state index contributed by atoms with van der Waals surface area (Å²) in [5.74, 6) is 0.191. The first-order valence-corrected chi connectivity index (χ1v) is 11.7. The quantitative estimate of drug-likeness (QED) is 0.680. The van der Waals surface area contributed by atoms with Gasteiger partial charge in [0.1, 0.15) is 17.5 Å². The molecule has 3 unspecified atom stereocenters. The van der Waals surface area contributed by atoms with Crippen molar-refractivity contribution in [3.8, 4) is 12.1 Å². The zero-order chi connectivity index (χ0) is 22.7. The fourth-order valence-corrected chi connectivity index (χ4v) is 5.04. The molecule has 0 aliphatic carbocycles. The number of fused-ring (bicyclic) bond motifs is 2. The summed E-state index contributed by atoms with van der Waals surface area (Å²) in [5, 5.41) is 12.8. The second kappa shape index (κ2) is 10.2. The van der Waals surface area contributed by atoms with E-state index in [0.717, 1.165) is 26.1 Å². The van der Waals surface area contributed by atoms with Gasteiger partial charge in [-0.05, 0) is 53.9 Å². The lowest BCUT2D eigenvalue weighted by atomic mass is 10.1. The molecule has 0 radical (unpaired) electrons. The van der Waals surface area contributed by atoms with E-state index in [9.17, 15) is 8.78 Å². The maximum absolute atomic E-state index is 14.4. The van der Waals surface area contributed by atoms with Gasteiger partial charge in [0.25, 0.3) is 0 Å². The Balaban J connectivity index is 0.000000225. The minimum atomic E-state index is -0.518. The number of piperazine rings is 1. The van der Waals surface area contributed by atoms with Gasteiger partial charge in [-0.1, -0.05) is 0 Å². The van der Waals surface area contributed by atoms with Gasteiger partial charge in [0.2, 0.25) is 0 Å². The lowest BCUT2D eigenvalue weighted by molar-refractivity contribution is 0.292. The number of benzene rings is 1. The van der Waals surface area contributed by atoms with Crippen LogP contribution in [0.3, 0.4) is 0 Å². The Labute approximate surface area is 194 Å².